The Balaban J connectivity index is -0.000000368. The molecule has 12 N–H and O–H groups in total. The van der Waals surface area contributed by atoms with Crippen LogP contribution in [-0.2, 0) is 62.3 Å². The number of alkyl halides is 3. The molecular weight excluding hydrogens is 1430 g/mol. The van der Waals surface area contributed by atoms with E-state index in [1.54, 1.807) is 60.6 Å². The molecule has 2 saturated carbocycles. The number of carbonyl (C=O) groups excluding carboxylic acids is 3. The summed E-state index contributed by atoms with van der Waals surface area (Å²) in [7, 11) is 1.42. The van der Waals surface area contributed by atoms with Crippen LogP contribution in [0.2, 0.25) is 0 Å². The highest BCUT2D eigenvalue weighted by Gasteiger charge is 2.56. The second kappa shape index (κ2) is 49.1. The maximum Gasteiger partial charge on any atom is 0.404 e. The summed E-state index contributed by atoms with van der Waals surface area (Å²) < 4.78 is 40.5. The van der Waals surface area contributed by atoms with Gasteiger partial charge in [-0.1, -0.05) is 116 Å². The number of halogens is 3. The van der Waals surface area contributed by atoms with Crippen molar-refractivity contribution in [2.24, 2.45) is 86.3 Å². The van der Waals surface area contributed by atoms with Crippen LogP contribution in [0.25, 0.3) is 0 Å². The Morgan fingerprint density at radius 2 is 0.889 bits per heavy atom. The van der Waals surface area contributed by atoms with E-state index < -0.39 is 112 Å². The number of carboxylic acid groups (broad SMARTS) is 11. The average molecular weight is 1550 g/mol. The second-order valence-electron chi connectivity index (χ2n) is 29.1. The van der Waals surface area contributed by atoms with Gasteiger partial charge in [-0.2, -0.15) is 13.2 Å². The molecule has 28 nitrogen and oxygen atoms in total. The number of ether oxygens (including phenoxy) is 1. The number of anilines is 1. The first-order valence-electron chi connectivity index (χ1n) is 35.5. The van der Waals surface area contributed by atoms with Crippen molar-refractivity contribution in [2.75, 3.05) is 18.6 Å². The van der Waals surface area contributed by atoms with Gasteiger partial charge in [0.1, 0.15) is 0 Å². The lowest BCUT2D eigenvalue weighted by Crippen LogP contribution is -2.41. The van der Waals surface area contributed by atoms with E-state index in [0.717, 1.165) is 36.5 Å². The summed E-state index contributed by atoms with van der Waals surface area (Å²) in [6.45, 7) is 37.4. The van der Waals surface area contributed by atoms with Gasteiger partial charge in [-0.25, -0.2) is 9.59 Å². The van der Waals surface area contributed by atoms with Crippen LogP contribution in [0.3, 0.4) is 0 Å². The second-order valence-corrected chi connectivity index (χ2v) is 29.1. The molecule has 1 heterocycles. The quantitative estimate of drug-likeness (QED) is 0.0343. The lowest BCUT2D eigenvalue weighted by molar-refractivity contribution is -0.227. The molecule has 108 heavy (non-hydrogen) atoms. The van der Waals surface area contributed by atoms with E-state index in [2.05, 4.69) is 32.4 Å². The number of benzene rings is 2. The Morgan fingerprint density at radius 1 is 0.500 bits per heavy atom. The first kappa shape index (κ1) is 108. The number of carbonyl (C=O) groups is 14. The van der Waals surface area contributed by atoms with Crippen LogP contribution in [0.4, 0.5) is 18.9 Å². The van der Waals surface area contributed by atoms with E-state index in [9.17, 15) is 80.3 Å². The van der Waals surface area contributed by atoms with Gasteiger partial charge >= 0.3 is 77.8 Å². The fourth-order valence-electron chi connectivity index (χ4n) is 9.03. The molecule has 2 aromatic carbocycles. The summed E-state index contributed by atoms with van der Waals surface area (Å²) in [5.74, 6) is -11.0. The molecule has 1 aliphatic heterocycles. The number of amides is 2. The molecule has 2 amide bonds. The van der Waals surface area contributed by atoms with Gasteiger partial charge in [0, 0.05) is 11.8 Å². The van der Waals surface area contributed by atoms with E-state index in [4.69, 9.17) is 61.3 Å². The van der Waals surface area contributed by atoms with Gasteiger partial charge in [0.15, 0.2) is 5.41 Å². The Morgan fingerprint density at radius 3 is 1.06 bits per heavy atom. The molecule has 1 saturated heterocycles. The molecule has 14 atom stereocenters. The van der Waals surface area contributed by atoms with Gasteiger partial charge in [-0.05, 0) is 178 Å². The molecule has 2 aromatic rings. The van der Waals surface area contributed by atoms with Crippen molar-refractivity contribution in [2.45, 2.75) is 229 Å². The minimum absolute atomic E-state index is 0.0267. The third kappa shape index (κ3) is 35.3. The molecule has 14 unspecified atom stereocenters. The maximum absolute atomic E-state index is 12.0. The molecule has 2 aliphatic carbocycles. The average Bonchev–Trinajstić information content (AvgIpc) is 1.63. The van der Waals surface area contributed by atoms with Gasteiger partial charge < -0.3 is 66.0 Å². The highest BCUT2D eigenvalue weighted by atomic mass is 19.4. The highest BCUT2D eigenvalue weighted by molar-refractivity contribution is 6.21. The molecule has 0 radical (unpaired) electrons. The number of aliphatic hydroxyl groups excluding tert-OH is 1. The Labute approximate surface area is 631 Å². The normalized spacial score (nSPS) is 20.0. The highest BCUT2D eigenvalue weighted by Crippen LogP contribution is 2.55. The lowest BCUT2D eigenvalue weighted by atomic mass is 9.76. The number of aliphatic hydroxyl groups is 1. The number of hydrogen-bond donors (Lipinski definition) is 12. The van der Waals surface area contributed by atoms with Crippen molar-refractivity contribution in [1.82, 2.24) is 0 Å². The van der Waals surface area contributed by atoms with Crippen LogP contribution in [0.1, 0.15) is 249 Å². The zero-order valence-electron chi connectivity index (χ0n) is 66.8. The molecule has 0 spiro atoms. The third-order valence-electron chi connectivity index (χ3n) is 20.8. The number of imide groups is 1. The number of nitrogens with zero attached hydrogens (tertiary/aromatic N) is 1. The summed E-state index contributed by atoms with van der Waals surface area (Å²) in [4.78, 5) is 150. The van der Waals surface area contributed by atoms with E-state index in [1.807, 2.05) is 46.8 Å². The van der Waals surface area contributed by atoms with Crippen LogP contribution >= 0.6 is 0 Å². The number of rotatable bonds is 24. The van der Waals surface area contributed by atoms with E-state index in [-0.39, 0.29) is 65.5 Å². The summed E-state index contributed by atoms with van der Waals surface area (Å²) in [5, 5.41) is 102. The fourth-order valence-corrected chi connectivity index (χ4v) is 9.03. The first-order valence-corrected chi connectivity index (χ1v) is 35.5. The summed E-state index contributed by atoms with van der Waals surface area (Å²) in [6.07, 6.45) is 0.736. The number of carboxylic acids is 11. The fraction of sp³-hybridized carbons (Fsp3) is 0.662. The minimum Gasteiger partial charge on any atom is -0.481 e. The van der Waals surface area contributed by atoms with Crippen molar-refractivity contribution in [1.29, 1.82) is 0 Å². The van der Waals surface area contributed by atoms with Crippen LogP contribution < -0.4 is 4.90 Å². The molecule has 3 fully saturated rings. The first-order chi connectivity index (χ1) is 49.1. The predicted octanol–water partition coefficient (Wildman–Crippen LogP) is 14.6. The largest absolute Gasteiger partial charge is 0.481 e. The Bertz CT molecular complexity index is 3200. The van der Waals surface area contributed by atoms with E-state index in [1.165, 1.54) is 78.0 Å². The molecule has 0 aromatic heterocycles. The van der Waals surface area contributed by atoms with Crippen LogP contribution in [0, 0.1) is 86.3 Å². The minimum atomic E-state index is -4.67. The summed E-state index contributed by atoms with van der Waals surface area (Å²) >= 11 is 0. The zero-order chi connectivity index (χ0) is 86.5. The standard InChI is InChI=1S/C13H13NO4.C11H14O2.C10H16O2.C7H12O4.C7H14O2.C6H9F3O2.C6H10O4.C6H12O3.C6H12O2.C5H10O2/c1-7-8(2)12(16)14(11(7)15)10-5-3-9(4-6-10)13(17)18;1-3-8(2)9-4-6-10(7-5-9)11(12)13;1-5-6(2)8-3-7(5)4-9(8)10(11)12;1-3-7(2,6(10)11)4-5(8)9;1-5-7(2,3)6(8)9-4;1-3-5(2,4(10)11)6(7,8)9;1-3(5(7)8)4(2)6(9)10;1-3-6(2,4-7)5(8)9;1-4-6(2,3)5(7)8;1-3-4(2)5(6)7/h3-8H,1-2H3,(H,17,18);4-8H,3H2,1-2H3,(H,12,13);5-9H,3-4H2,1-2H3,(H,11,12);3-4H2,1-2H3,(H,8,9)(H,10,11);5H2,1-4H3;3H2,1-2H3,(H,10,11);3-4H,1-2H3,(H,7,8)(H,9,10);7H,3-4H2,1-2H3,(H,8,9);4H2,1-3H3,(H,7,8);4H,3H2,1-2H3,(H,6,7). The van der Waals surface area contributed by atoms with Crippen molar-refractivity contribution < 1.29 is 146 Å². The van der Waals surface area contributed by atoms with Crippen molar-refractivity contribution in [3.8, 4) is 0 Å². The summed E-state index contributed by atoms with van der Waals surface area (Å²) in [5.41, 5.74) is -3.42. The monoisotopic (exact) mass is 1550 g/mol. The number of methoxy groups -OCH3 is 1. The molecular formula is C77H122F3NO27. The van der Waals surface area contributed by atoms with Crippen LogP contribution in [-0.4, -0.2) is 165 Å². The number of esters is 1. The van der Waals surface area contributed by atoms with Crippen LogP contribution in [0.15, 0.2) is 48.5 Å². The van der Waals surface area contributed by atoms with Gasteiger partial charge in [0.05, 0.1) is 82.3 Å². The number of fused-ring (bicyclic) bond motifs is 2. The van der Waals surface area contributed by atoms with Gasteiger partial charge in [-0.15, -0.1) is 0 Å². The zero-order valence-corrected chi connectivity index (χ0v) is 66.8. The molecule has 3 aliphatic rings. The molecule has 618 valence electrons. The van der Waals surface area contributed by atoms with E-state index in [0.29, 0.717) is 61.1 Å². The topological polar surface area (TPSA) is 494 Å². The van der Waals surface area contributed by atoms with Gasteiger partial charge in [-0.3, -0.25) is 62.4 Å². The number of aliphatic carboxylic acids is 9. The molecule has 5 rings (SSSR count). The maximum atomic E-state index is 12.0. The molecule has 2 bridgehead atoms. The third-order valence-corrected chi connectivity index (χ3v) is 20.8. The van der Waals surface area contributed by atoms with Crippen LogP contribution in [0.5, 0.6) is 0 Å². The van der Waals surface area contributed by atoms with E-state index >= 15 is 0 Å². The Hall–Kier alpha value is -9.03. The van der Waals surface area contributed by atoms with Crippen molar-refractivity contribution >= 4 is 89.1 Å². The number of aromatic carboxylic acids is 2. The van der Waals surface area contributed by atoms with Crippen molar-refractivity contribution in [3.63, 3.8) is 0 Å². The van der Waals surface area contributed by atoms with Gasteiger partial charge in [0.2, 0.25) is 11.8 Å². The van der Waals surface area contributed by atoms with Gasteiger partial charge in [0.25, 0.3) is 0 Å². The Kier molecular flexibility index (Phi) is 48.9. The lowest BCUT2D eigenvalue weighted by Gasteiger charge is -2.29. The number of hydrogen-bond acceptors (Lipinski definition) is 16. The molecule has 31 heteroatoms. The predicted molar refractivity (Wildman–Crippen MR) is 394 cm³/mol. The summed E-state index contributed by atoms with van der Waals surface area (Å²) in [6, 6.07) is 12.8. The smallest absolute Gasteiger partial charge is 0.404 e. The van der Waals surface area contributed by atoms with Crippen molar-refractivity contribution in [3.05, 3.63) is 65.2 Å². The SMILES string of the molecule is CC(C(=O)O)C(C)C(=O)O.CC1C(=O)N(c2ccc(C(=O)O)cc2)C(=O)C1C.CC1C2CC(C(=O)O)C(C2)C1C.CCC(C)(C(=O)O)C(F)(F)F.CCC(C)(C)C(=O)O.CCC(C)(C)C(=O)OC.CCC(C)(CC(=O)O)C(=O)O.CCC(C)(CO)C(=O)O.CCC(C)C(=O)O.CCC(C)c1ccc(C(=O)O)cc1.